The van der Waals surface area contributed by atoms with Crippen LogP contribution in [-0.2, 0) is 6.54 Å². The van der Waals surface area contributed by atoms with E-state index in [9.17, 15) is 0 Å². The van der Waals surface area contributed by atoms with Crippen molar-refractivity contribution >= 4 is 23.9 Å². The van der Waals surface area contributed by atoms with Crippen LogP contribution in [-0.4, -0.2) is 42.1 Å². The van der Waals surface area contributed by atoms with Crippen molar-refractivity contribution in [1.82, 2.24) is 15.2 Å². The molecule has 0 amide bonds. The molecule has 1 fully saturated rings. The summed E-state index contributed by atoms with van der Waals surface area (Å²) in [5, 5.41) is 3.57. The number of para-hydroxylation sites is 1. The summed E-state index contributed by atoms with van der Waals surface area (Å²) in [7, 11) is 2.05. The molecule has 4 nitrogen and oxygen atoms in total. The van der Waals surface area contributed by atoms with Gasteiger partial charge in [0.25, 0.3) is 0 Å². The fourth-order valence-electron chi connectivity index (χ4n) is 3.32. The summed E-state index contributed by atoms with van der Waals surface area (Å²) in [4.78, 5) is 9.26. The van der Waals surface area contributed by atoms with Crippen LogP contribution in [0.3, 0.4) is 0 Å². The SMILES string of the molecule is CC1CN(Cc2ccc(N(C)c3ccccc3)nc2)CC(C)N1.Cl. The zero-order valence-electron chi connectivity index (χ0n) is 14.6. The molecule has 0 aliphatic carbocycles. The highest BCUT2D eigenvalue weighted by Crippen LogP contribution is 2.21. The van der Waals surface area contributed by atoms with Crippen LogP contribution in [0.2, 0.25) is 0 Å². The Hall–Kier alpha value is -1.62. The molecule has 0 spiro atoms. The minimum Gasteiger partial charge on any atom is -0.329 e. The molecular formula is C19H27ClN4. The van der Waals surface area contributed by atoms with Gasteiger partial charge in [0.1, 0.15) is 5.82 Å². The fourth-order valence-corrected chi connectivity index (χ4v) is 3.32. The van der Waals surface area contributed by atoms with Crippen molar-refractivity contribution in [1.29, 1.82) is 0 Å². The van der Waals surface area contributed by atoms with Crippen LogP contribution >= 0.6 is 12.4 Å². The molecular weight excluding hydrogens is 320 g/mol. The van der Waals surface area contributed by atoms with E-state index in [2.05, 4.69) is 65.3 Å². The van der Waals surface area contributed by atoms with E-state index in [1.54, 1.807) is 0 Å². The maximum absolute atomic E-state index is 4.64. The topological polar surface area (TPSA) is 31.4 Å². The first kappa shape index (κ1) is 18.7. The van der Waals surface area contributed by atoms with Gasteiger partial charge in [0.05, 0.1) is 0 Å². The second-order valence-electron chi connectivity index (χ2n) is 6.58. The third-order valence-electron chi connectivity index (χ3n) is 4.34. The Kier molecular flexibility index (Phi) is 6.60. The van der Waals surface area contributed by atoms with Gasteiger partial charge in [-0.2, -0.15) is 0 Å². The van der Waals surface area contributed by atoms with Crippen LogP contribution in [0.15, 0.2) is 48.7 Å². The molecule has 1 N–H and O–H groups in total. The summed E-state index contributed by atoms with van der Waals surface area (Å²) >= 11 is 0. The number of hydrogen-bond donors (Lipinski definition) is 1. The molecule has 2 aromatic rings. The van der Waals surface area contributed by atoms with Gasteiger partial charge in [0, 0.05) is 50.6 Å². The number of anilines is 2. The van der Waals surface area contributed by atoms with E-state index in [0.717, 1.165) is 31.1 Å². The van der Waals surface area contributed by atoms with Crippen molar-refractivity contribution < 1.29 is 0 Å². The first-order valence-corrected chi connectivity index (χ1v) is 8.34. The Bertz CT molecular complexity index is 607. The van der Waals surface area contributed by atoms with Crippen LogP contribution in [0.25, 0.3) is 0 Å². The summed E-state index contributed by atoms with van der Waals surface area (Å²) < 4.78 is 0. The van der Waals surface area contributed by atoms with Crippen molar-refractivity contribution in [2.24, 2.45) is 0 Å². The Morgan fingerprint density at radius 3 is 2.33 bits per heavy atom. The average molecular weight is 347 g/mol. The minimum absolute atomic E-state index is 0. The Balaban J connectivity index is 0.00000208. The zero-order valence-corrected chi connectivity index (χ0v) is 15.5. The summed E-state index contributed by atoms with van der Waals surface area (Å²) in [5.41, 5.74) is 2.43. The van der Waals surface area contributed by atoms with Gasteiger partial charge < -0.3 is 10.2 Å². The normalized spacial score (nSPS) is 21.1. The Labute approximate surface area is 151 Å². The molecule has 5 heteroatoms. The summed E-state index contributed by atoms with van der Waals surface area (Å²) in [6.45, 7) is 7.66. The number of piperazine rings is 1. The van der Waals surface area contributed by atoms with Crippen molar-refractivity contribution in [3.63, 3.8) is 0 Å². The molecule has 1 aliphatic heterocycles. The number of nitrogens with zero attached hydrogens (tertiary/aromatic N) is 3. The van der Waals surface area contributed by atoms with Gasteiger partial charge in [0.2, 0.25) is 0 Å². The molecule has 2 atom stereocenters. The number of halogens is 1. The molecule has 1 aromatic heterocycles. The first-order valence-electron chi connectivity index (χ1n) is 8.34. The monoisotopic (exact) mass is 346 g/mol. The van der Waals surface area contributed by atoms with Crippen molar-refractivity contribution in [2.45, 2.75) is 32.5 Å². The molecule has 0 bridgehead atoms. The number of aromatic nitrogens is 1. The van der Waals surface area contributed by atoms with E-state index in [1.807, 2.05) is 24.4 Å². The fraction of sp³-hybridized carbons (Fsp3) is 0.421. The quantitative estimate of drug-likeness (QED) is 0.918. The second kappa shape index (κ2) is 8.47. The number of rotatable bonds is 4. The minimum atomic E-state index is 0. The lowest BCUT2D eigenvalue weighted by molar-refractivity contribution is 0.166. The lowest BCUT2D eigenvalue weighted by Gasteiger charge is -2.36. The maximum atomic E-state index is 4.64. The van der Waals surface area contributed by atoms with Gasteiger partial charge in [-0.1, -0.05) is 24.3 Å². The lowest BCUT2D eigenvalue weighted by atomic mass is 10.1. The van der Waals surface area contributed by atoms with E-state index < -0.39 is 0 Å². The van der Waals surface area contributed by atoms with Gasteiger partial charge in [-0.3, -0.25) is 4.90 Å². The average Bonchev–Trinajstić information content (AvgIpc) is 2.55. The van der Waals surface area contributed by atoms with E-state index in [4.69, 9.17) is 0 Å². The first-order chi connectivity index (χ1) is 11.1. The highest BCUT2D eigenvalue weighted by molar-refractivity contribution is 5.85. The molecule has 3 rings (SSSR count). The van der Waals surface area contributed by atoms with E-state index in [0.29, 0.717) is 12.1 Å². The number of benzene rings is 1. The van der Waals surface area contributed by atoms with Gasteiger partial charge in [-0.25, -0.2) is 4.98 Å². The molecule has 0 radical (unpaired) electrons. The molecule has 1 saturated heterocycles. The van der Waals surface area contributed by atoms with E-state index >= 15 is 0 Å². The predicted molar refractivity (Wildman–Crippen MR) is 103 cm³/mol. The Morgan fingerprint density at radius 1 is 1.08 bits per heavy atom. The number of nitrogens with one attached hydrogen (secondary N) is 1. The van der Waals surface area contributed by atoms with Crippen LogP contribution in [0.1, 0.15) is 19.4 Å². The van der Waals surface area contributed by atoms with Crippen molar-refractivity contribution in [2.75, 3.05) is 25.0 Å². The number of hydrogen-bond acceptors (Lipinski definition) is 4. The predicted octanol–water partition coefficient (Wildman–Crippen LogP) is 3.45. The Morgan fingerprint density at radius 2 is 1.75 bits per heavy atom. The molecule has 2 heterocycles. The molecule has 0 saturated carbocycles. The largest absolute Gasteiger partial charge is 0.329 e. The third-order valence-corrected chi connectivity index (χ3v) is 4.34. The molecule has 130 valence electrons. The lowest BCUT2D eigenvalue weighted by Crippen LogP contribution is -2.53. The van der Waals surface area contributed by atoms with E-state index in [-0.39, 0.29) is 12.4 Å². The van der Waals surface area contributed by atoms with Crippen LogP contribution in [0, 0.1) is 0 Å². The summed E-state index contributed by atoms with van der Waals surface area (Å²) in [6.07, 6.45) is 2.01. The van der Waals surface area contributed by atoms with Gasteiger partial charge in [-0.05, 0) is 37.6 Å². The summed E-state index contributed by atoms with van der Waals surface area (Å²) in [6, 6.07) is 15.7. The van der Waals surface area contributed by atoms with Gasteiger partial charge in [-0.15, -0.1) is 12.4 Å². The van der Waals surface area contributed by atoms with Gasteiger partial charge in [0.15, 0.2) is 0 Å². The van der Waals surface area contributed by atoms with Crippen molar-refractivity contribution in [3.05, 3.63) is 54.2 Å². The highest BCUT2D eigenvalue weighted by Gasteiger charge is 2.20. The molecule has 1 aromatic carbocycles. The van der Waals surface area contributed by atoms with Crippen LogP contribution in [0.5, 0.6) is 0 Å². The van der Waals surface area contributed by atoms with Crippen LogP contribution < -0.4 is 10.2 Å². The maximum Gasteiger partial charge on any atom is 0.132 e. The second-order valence-corrected chi connectivity index (χ2v) is 6.58. The zero-order chi connectivity index (χ0) is 16.2. The molecule has 1 aliphatic rings. The van der Waals surface area contributed by atoms with Crippen molar-refractivity contribution in [3.8, 4) is 0 Å². The van der Waals surface area contributed by atoms with Crippen LogP contribution in [0.4, 0.5) is 11.5 Å². The van der Waals surface area contributed by atoms with E-state index in [1.165, 1.54) is 5.56 Å². The third kappa shape index (κ3) is 4.69. The summed E-state index contributed by atoms with van der Waals surface area (Å²) in [5.74, 6) is 0.974. The van der Waals surface area contributed by atoms with Gasteiger partial charge >= 0.3 is 0 Å². The standard InChI is InChI=1S/C19H26N4.ClH/c1-15-12-23(13-16(2)21-15)14-17-9-10-19(20-11-17)22(3)18-7-5-4-6-8-18;/h4-11,15-16,21H,12-14H2,1-3H3;1H. The highest BCUT2D eigenvalue weighted by atomic mass is 35.5. The molecule has 2 unspecified atom stereocenters. The molecule has 24 heavy (non-hydrogen) atoms. The smallest absolute Gasteiger partial charge is 0.132 e. The number of pyridine rings is 1.